The Kier molecular flexibility index (Phi) is 15.2. The normalized spacial score (nSPS) is 27.2. The highest BCUT2D eigenvalue weighted by Crippen LogP contribution is 2.51. The molecule has 6 bridgehead atoms. The summed E-state index contributed by atoms with van der Waals surface area (Å²) in [7, 11) is 7.56. The third-order valence-electron chi connectivity index (χ3n) is 14.0. The van der Waals surface area contributed by atoms with E-state index in [1.165, 1.54) is 42.9 Å². The lowest BCUT2D eigenvalue weighted by atomic mass is 9.72. The van der Waals surface area contributed by atoms with Gasteiger partial charge < -0.3 is 48.2 Å². The summed E-state index contributed by atoms with van der Waals surface area (Å²) < 4.78 is 35.5. The van der Waals surface area contributed by atoms with Gasteiger partial charge in [-0.15, -0.1) is 0 Å². The van der Waals surface area contributed by atoms with E-state index >= 15 is 0 Å². The van der Waals surface area contributed by atoms with Gasteiger partial charge in [0.1, 0.15) is 52.9 Å². The lowest BCUT2D eigenvalue weighted by Gasteiger charge is -2.59. The summed E-state index contributed by atoms with van der Waals surface area (Å²) in [6.07, 6.45) is 1.01. The third kappa shape index (κ3) is 10.6. The summed E-state index contributed by atoms with van der Waals surface area (Å²) in [6.45, 7) is 7.24. The van der Waals surface area contributed by atoms with E-state index in [0.29, 0.717) is 24.3 Å². The van der Waals surface area contributed by atoms with Crippen LogP contribution < -0.4 is 15.0 Å². The Morgan fingerprint density at radius 2 is 1.67 bits per heavy atom. The fourth-order valence-electron chi connectivity index (χ4n) is 9.95. The lowest BCUT2D eigenvalue weighted by molar-refractivity contribution is -0.328. The molecule has 16 nitrogen and oxygen atoms in total. The Labute approximate surface area is 408 Å². The monoisotopic (exact) mass is 970 g/mol. The van der Waals surface area contributed by atoms with E-state index in [1.807, 2.05) is 37.3 Å². The molecule has 0 spiro atoms. The van der Waals surface area contributed by atoms with Crippen molar-refractivity contribution in [1.29, 1.82) is 0 Å². The number of benzene rings is 3. The minimum atomic E-state index is -1.89. The van der Waals surface area contributed by atoms with Gasteiger partial charge in [-0.05, 0) is 80.5 Å². The average molecular weight is 972 g/mol. The van der Waals surface area contributed by atoms with Gasteiger partial charge in [0.2, 0.25) is 11.8 Å². The second-order valence-electron chi connectivity index (χ2n) is 19.0. The number of methoxy groups -OCH3 is 2. The molecular formula is C52H63ClN4O12. The molecule has 0 aromatic heterocycles. The summed E-state index contributed by atoms with van der Waals surface area (Å²) in [5.74, 6) is -1.37. The van der Waals surface area contributed by atoms with E-state index in [0.717, 1.165) is 33.4 Å². The second-order valence-corrected chi connectivity index (χ2v) is 19.4. The molecule has 3 aromatic carbocycles. The average Bonchev–Trinajstić information content (AvgIpc) is 3.63. The highest BCUT2D eigenvalue weighted by molar-refractivity contribution is 6.35. The number of aliphatic hydroxyl groups is 1. The van der Waals surface area contributed by atoms with Crippen molar-refractivity contribution in [3.05, 3.63) is 106 Å². The van der Waals surface area contributed by atoms with Gasteiger partial charge in [0.05, 0.1) is 19.2 Å². The Morgan fingerprint density at radius 1 is 1.01 bits per heavy atom. The Balaban J connectivity index is 1.04. The standard InChI is InChI=1S/C52H63ClN4O12/c1-31-16-14-21-41(65-9)52(63)28-43(68-48(61)54-52)51(4)30-50(3,69-51)42(27-45(59)57(7)39-25-33(24-31)26-40(64-8)46(39)53)67-47(60)32(2)56(6)44(58)22-15-23-55(5)49(62)66-29-38-36-19-12-10-17-34(36)35-18-11-13-20-37(35)38/h10-14,16-21,25-26,32,38,41-43,63H,15,22-24,27-30H2,1-9H3,(H,54,61)/b21-14+,31-16+/t32-,41+,42-,43-,50+,51?,52-/m0/s1. The van der Waals surface area contributed by atoms with Crippen molar-refractivity contribution in [2.75, 3.05) is 53.4 Å². The summed E-state index contributed by atoms with van der Waals surface area (Å²) >= 11 is 6.82. The molecule has 3 aromatic rings. The number of likely N-dealkylation sites (N-methyl/N-ethyl adjacent to an activating group) is 1. The number of esters is 1. The van der Waals surface area contributed by atoms with Crippen LogP contribution in [0.25, 0.3) is 11.1 Å². The minimum Gasteiger partial charge on any atom is -0.495 e. The van der Waals surface area contributed by atoms with Crippen molar-refractivity contribution in [2.45, 2.75) is 113 Å². The van der Waals surface area contributed by atoms with Crippen molar-refractivity contribution in [3.63, 3.8) is 0 Å². The summed E-state index contributed by atoms with van der Waals surface area (Å²) in [6, 6.07) is 18.6. The SMILES string of the molecule is COc1cc2cc(c1Cl)N(C)C(=O)C[C@H](OC(=O)[C@H](C)N(C)C(=O)CCCN(C)C(=O)OCC1c3ccccc3-c3ccccc31)[C@@]1(C)CC(C)(O1)[C@@H]1C[C@@](O)(NC(=O)O1)[C@H](OC)/C=C/C=C(\C)C2. The van der Waals surface area contributed by atoms with Crippen LogP contribution in [0.2, 0.25) is 5.02 Å². The number of fused-ring (bicyclic) bond motifs is 9. The number of hydrogen-bond donors (Lipinski definition) is 2. The Bertz CT molecular complexity index is 2480. The Hall–Kier alpha value is -5.94. The Morgan fingerprint density at radius 3 is 2.30 bits per heavy atom. The molecule has 4 aliphatic heterocycles. The topological polar surface area (TPSA) is 183 Å². The molecule has 4 heterocycles. The fourth-order valence-corrected chi connectivity index (χ4v) is 10.3. The molecule has 0 saturated carbocycles. The number of alkyl carbamates (subject to hydrolysis) is 1. The molecule has 1 unspecified atom stereocenters. The molecule has 1 aliphatic carbocycles. The fraction of sp³-hybridized carbons (Fsp3) is 0.481. The quantitative estimate of drug-likeness (QED) is 0.145. The lowest BCUT2D eigenvalue weighted by Crippen LogP contribution is -2.72. The molecule has 4 amide bonds. The van der Waals surface area contributed by atoms with Crippen LogP contribution in [-0.2, 0) is 44.5 Å². The van der Waals surface area contributed by atoms with Crippen molar-refractivity contribution in [1.82, 2.24) is 15.1 Å². The second kappa shape index (κ2) is 20.6. The van der Waals surface area contributed by atoms with Crippen molar-refractivity contribution in [2.24, 2.45) is 0 Å². The molecule has 2 fully saturated rings. The number of nitrogens with one attached hydrogen (secondary N) is 1. The summed E-state index contributed by atoms with van der Waals surface area (Å²) in [5.41, 5.74) is 2.12. The first-order valence-corrected chi connectivity index (χ1v) is 23.5. The number of carbonyl (C=O) groups excluding carboxylic acids is 5. The van der Waals surface area contributed by atoms with Gasteiger partial charge in [0.15, 0.2) is 5.72 Å². The van der Waals surface area contributed by atoms with Crippen LogP contribution in [0.15, 0.2) is 84.5 Å². The van der Waals surface area contributed by atoms with E-state index in [-0.39, 0.29) is 55.7 Å². The number of amides is 4. The predicted octanol–water partition coefficient (Wildman–Crippen LogP) is 7.32. The predicted molar refractivity (Wildman–Crippen MR) is 258 cm³/mol. The van der Waals surface area contributed by atoms with E-state index in [4.69, 9.17) is 40.0 Å². The van der Waals surface area contributed by atoms with Gasteiger partial charge >= 0.3 is 18.2 Å². The van der Waals surface area contributed by atoms with Crippen LogP contribution >= 0.6 is 11.6 Å². The number of halogens is 1. The van der Waals surface area contributed by atoms with Crippen LogP contribution in [-0.4, -0.2) is 135 Å². The van der Waals surface area contributed by atoms with Crippen molar-refractivity contribution < 1.29 is 57.5 Å². The zero-order valence-electron chi connectivity index (χ0n) is 40.7. The van der Waals surface area contributed by atoms with E-state index < -0.39 is 65.3 Å². The maximum Gasteiger partial charge on any atom is 0.409 e. The van der Waals surface area contributed by atoms with Gasteiger partial charge in [0.25, 0.3) is 0 Å². The number of carbonyl (C=O) groups is 5. The van der Waals surface area contributed by atoms with Gasteiger partial charge in [-0.1, -0.05) is 83.9 Å². The van der Waals surface area contributed by atoms with E-state index in [9.17, 15) is 29.1 Å². The van der Waals surface area contributed by atoms with Crippen molar-refractivity contribution in [3.8, 4) is 16.9 Å². The number of allylic oxidation sites excluding steroid dienone is 3. The maximum absolute atomic E-state index is 14.4. The van der Waals surface area contributed by atoms with E-state index in [1.54, 1.807) is 52.2 Å². The summed E-state index contributed by atoms with van der Waals surface area (Å²) in [5, 5.41) is 14.6. The van der Waals surface area contributed by atoms with Crippen LogP contribution in [0.1, 0.15) is 82.4 Å². The van der Waals surface area contributed by atoms with E-state index in [2.05, 4.69) is 29.6 Å². The van der Waals surface area contributed by atoms with Gasteiger partial charge in [-0.2, -0.15) is 0 Å². The first-order chi connectivity index (χ1) is 32.7. The molecule has 8 rings (SSSR count). The molecule has 0 radical (unpaired) electrons. The zero-order valence-corrected chi connectivity index (χ0v) is 41.5. The highest BCUT2D eigenvalue weighted by Gasteiger charge is 2.63. The smallest absolute Gasteiger partial charge is 0.409 e. The van der Waals surface area contributed by atoms with Gasteiger partial charge in [-0.25, -0.2) is 14.4 Å². The maximum atomic E-state index is 14.4. The molecule has 5 aliphatic rings. The number of hydrogen-bond acceptors (Lipinski definition) is 12. The molecule has 2 saturated heterocycles. The number of ether oxygens (including phenoxy) is 6. The molecule has 7 atom stereocenters. The van der Waals surface area contributed by atoms with Crippen LogP contribution in [0.4, 0.5) is 15.3 Å². The molecular weight excluding hydrogens is 908 g/mol. The third-order valence-corrected chi connectivity index (χ3v) is 14.4. The largest absolute Gasteiger partial charge is 0.495 e. The summed E-state index contributed by atoms with van der Waals surface area (Å²) in [4.78, 5) is 72.2. The molecule has 370 valence electrons. The highest BCUT2D eigenvalue weighted by atomic mass is 35.5. The number of nitrogens with zero attached hydrogens (tertiary/aromatic N) is 3. The van der Waals surface area contributed by atoms with Gasteiger partial charge in [0, 0.05) is 60.0 Å². The first kappa shape index (κ1) is 50.9. The first-order valence-electron chi connectivity index (χ1n) is 23.1. The molecule has 17 heteroatoms. The molecule has 2 N–H and O–H groups in total. The zero-order chi connectivity index (χ0) is 50.0. The van der Waals surface area contributed by atoms with Crippen molar-refractivity contribution >= 4 is 47.3 Å². The van der Waals surface area contributed by atoms with Gasteiger partial charge in [-0.3, -0.25) is 14.9 Å². The number of anilines is 1. The van der Waals surface area contributed by atoms with Crippen LogP contribution in [0, 0.1) is 0 Å². The minimum absolute atomic E-state index is 0.0145. The van der Waals surface area contributed by atoms with Crippen LogP contribution in [0.3, 0.4) is 0 Å². The van der Waals surface area contributed by atoms with Crippen LogP contribution in [0.5, 0.6) is 5.75 Å². The molecule has 69 heavy (non-hydrogen) atoms. The number of rotatable bonds is 11.